The minimum atomic E-state index is -3.98. The van der Waals surface area contributed by atoms with Gasteiger partial charge in [0.2, 0.25) is 0 Å². The van der Waals surface area contributed by atoms with Gasteiger partial charge in [-0.25, -0.2) is 22.0 Å². The molecule has 2 heterocycles. The second-order valence-corrected chi connectivity index (χ2v) is 11.5. The molecule has 2 aliphatic heterocycles. The number of halogens is 2. The van der Waals surface area contributed by atoms with Gasteiger partial charge in [-0.15, -0.1) is 0 Å². The highest BCUT2D eigenvalue weighted by molar-refractivity contribution is 7.92. The van der Waals surface area contributed by atoms with E-state index in [1.807, 2.05) is 12.1 Å². The maximum absolute atomic E-state index is 13.6. The number of sulfonamides is 1. The first-order valence-corrected chi connectivity index (χ1v) is 13.9. The highest BCUT2D eigenvalue weighted by atomic mass is 32.2. The Morgan fingerprint density at radius 3 is 2.31 bits per heavy atom. The van der Waals surface area contributed by atoms with Crippen LogP contribution in [0.3, 0.4) is 0 Å². The summed E-state index contributed by atoms with van der Waals surface area (Å²) < 4.78 is 65.2. The predicted molar refractivity (Wildman–Crippen MR) is 143 cm³/mol. The number of anilines is 2. The van der Waals surface area contributed by atoms with Crippen LogP contribution >= 0.6 is 0 Å². The number of benzene rings is 3. The van der Waals surface area contributed by atoms with Crippen LogP contribution in [0.5, 0.6) is 11.5 Å². The van der Waals surface area contributed by atoms with E-state index in [2.05, 4.69) is 5.32 Å². The molecule has 8 nitrogen and oxygen atoms in total. The molecular formula is C28H29F2N3O5S. The highest BCUT2D eigenvalue weighted by Crippen LogP contribution is 2.49. The van der Waals surface area contributed by atoms with Gasteiger partial charge in [-0.3, -0.25) is 4.31 Å². The first kappa shape index (κ1) is 26.7. The molecule has 3 aromatic carbocycles. The number of amides is 2. The van der Waals surface area contributed by atoms with E-state index in [4.69, 9.17) is 9.47 Å². The molecular weight excluding hydrogens is 528 g/mol. The number of methoxy groups -OCH3 is 2. The van der Waals surface area contributed by atoms with Crippen molar-refractivity contribution in [1.82, 2.24) is 4.90 Å². The topological polar surface area (TPSA) is 88.2 Å². The smallest absolute Gasteiger partial charge is 0.321 e. The molecule has 1 saturated heterocycles. The lowest BCUT2D eigenvalue weighted by atomic mass is 9.74. The van der Waals surface area contributed by atoms with E-state index in [-0.39, 0.29) is 23.0 Å². The summed E-state index contributed by atoms with van der Waals surface area (Å²) >= 11 is 0. The number of hydrogen-bond donors (Lipinski definition) is 1. The Kier molecular flexibility index (Phi) is 7.11. The molecule has 1 N–H and O–H groups in total. The monoisotopic (exact) mass is 557 g/mol. The molecule has 3 aromatic rings. The molecule has 0 aliphatic carbocycles. The van der Waals surface area contributed by atoms with Gasteiger partial charge >= 0.3 is 6.03 Å². The van der Waals surface area contributed by atoms with Gasteiger partial charge < -0.3 is 19.7 Å². The zero-order valence-corrected chi connectivity index (χ0v) is 22.4. The van der Waals surface area contributed by atoms with Crippen LogP contribution in [0.25, 0.3) is 0 Å². The fourth-order valence-corrected chi connectivity index (χ4v) is 6.94. The van der Waals surface area contributed by atoms with Crippen molar-refractivity contribution in [2.45, 2.75) is 29.6 Å². The Balaban J connectivity index is 1.34. The maximum atomic E-state index is 13.6. The van der Waals surface area contributed by atoms with Gasteiger partial charge in [-0.2, -0.15) is 0 Å². The highest BCUT2D eigenvalue weighted by Gasteiger charge is 2.48. The summed E-state index contributed by atoms with van der Waals surface area (Å²) in [6, 6.07) is 17.0. The van der Waals surface area contributed by atoms with Crippen LogP contribution in [0.15, 0.2) is 71.6 Å². The minimum Gasteiger partial charge on any atom is -0.497 e. The molecule has 0 bridgehead atoms. The van der Waals surface area contributed by atoms with Crippen LogP contribution in [-0.2, 0) is 15.4 Å². The van der Waals surface area contributed by atoms with Crippen molar-refractivity contribution in [2.75, 3.05) is 43.5 Å². The number of likely N-dealkylation sites (tertiary alicyclic amines) is 1. The first-order chi connectivity index (χ1) is 18.7. The van der Waals surface area contributed by atoms with Crippen molar-refractivity contribution in [3.05, 3.63) is 77.9 Å². The van der Waals surface area contributed by atoms with Gasteiger partial charge in [0, 0.05) is 36.7 Å². The number of para-hydroxylation sites is 1. The van der Waals surface area contributed by atoms with E-state index in [1.54, 1.807) is 42.3 Å². The van der Waals surface area contributed by atoms with Gasteiger partial charge in [0.15, 0.2) is 0 Å². The third-order valence-electron chi connectivity index (χ3n) is 7.57. The third-order valence-corrected chi connectivity index (χ3v) is 9.34. The summed E-state index contributed by atoms with van der Waals surface area (Å²) in [6.45, 7) is 1.07. The lowest BCUT2D eigenvalue weighted by Crippen LogP contribution is -2.48. The van der Waals surface area contributed by atoms with Crippen molar-refractivity contribution >= 4 is 27.4 Å². The van der Waals surface area contributed by atoms with Gasteiger partial charge in [0.05, 0.1) is 30.5 Å². The van der Waals surface area contributed by atoms with Crippen LogP contribution < -0.4 is 19.1 Å². The third kappa shape index (κ3) is 4.87. The van der Waals surface area contributed by atoms with E-state index in [9.17, 15) is 22.0 Å². The number of urea groups is 1. The van der Waals surface area contributed by atoms with Crippen molar-refractivity contribution in [1.29, 1.82) is 0 Å². The number of rotatable bonds is 6. The lowest BCUT2D eigenvalue weighted by molar-refractivity contribution is 0.151. The van der Waals surface area contributed by atoms with Crippen molar-refractivity contribution in [2.24, 2.45) is 0 Å². The number of hydrogen-bond acceptors (Lipinski definition) is 5. The fourth-order valence-electron chi connectivity index (χ4n) is 5.37. The van der Waals surface area contributed by atoms with Crippen LogP contribution in [0, 0.1) is 0 Å². The number of nitrogens with one attached hydrogen (secondary N) is 1. The van der Waals surface area contributed by atoms with Gasteiger partial charge in [-0.1, -0.05) is 30.3 Å². The predicted octanol–water partition coefficient (Wildman–Crippen LogP) is 5.42. The van der Waals surface area contributed by atoms with Gasteiger partial charge in [-0.05, 0) is 48.7 Å². The SMILES string of the molecule is COc1ccc(NC(=O)N2CCC3(CC2)CN(S(=O)(=O)c2ccc(C(F)F)cc2)c2ccccc23)c(OC)c1. The lowest BCUT2D eigenvalue weighted by Gasteiger charge is -2.39. The normalized spacial score (nSPS) is 16.3. The Morgan fingerprint density at radius 2 is 1.67 bits per heavy atom. The molecule has 0 radical (unpaired) electrons. The van der Waals surface area contributed by atoms with E-state index < -0.39 is 21.9 Å². The summed E-state index contributed by atoms with van der Waals surface area (Å²) in [5.74, 6) is 1.08. The Hall–Kier alpha value is -3.86. The Labute approximate surface area is 226 Å². The molecule has 5 rings (SSSR count). The Bertz CT molecular complexity index is 1470. The molecule has 2 aliphatic rings. The second-order valence-electron chi connectivity index (χ2n) is 9.66. The molecule has 1 spiro atoms. The van der Waals surface area contributed by atoms with Crippen LogP contribution in [-0.4, -0.2) is 53.2 Å². The van der Waals surface area contributed by atoms with Crippen molar-refractivity contribution < 1.29 is 31.5 Å². The standard InChI is InChI=1S/C28H29F2N3O5S/c1-37-20-9-12-23(25(17-20)38-2)31-27(34)32-15-13-28(14-16-32)18-33(24-6-4-3-5-22(24)28)39(35,36)21-10-7-19(8-11-21)26(29)30/h3-12,17,26H,13-16,18H2,1-2H3,(H,31,34). The molecule has 0 saturated carbocycles. The fraction of sp³-hybridized carbons (Fsp3) is 0.321. The summed E-state index contributed by atoms with van der Waals surface area (Å²) in [5, 5.41) is 2.89. The largest absolute Gasteiger partial charge is 0.497 e. The molecule has 0 unspecified atom stereocenters. The first-order valence-electron chi connectivity index (χ1n) is 12.5. The molecule has 206 valence electrons. The van der Waals surface area contributed by atoms with E-state index >= 15 is 0 Å². The molecule has 1 fully saturated rings. The summed E-state index contributed by atoms with van der Waals surface area (Å²) in [7, 11) is -0.920. The quantitative estimate of drug-likeness (QED) is 0.438. The molecule has 2 amide bonds. The molecule has 0 aromatic heterocycles. The zero-order valence-electron chi connectivity index (χ0n) is 21.6. The summed E-state index contributed by atoms with van der Waals surface area (Å²) in [6.07, 6.45) is -1.55. The molecule has 0 atom stereocenters. The van der Waals surface area contributed by atoms with E-state index in [1.165, 1.54) is 23.5 Å². The minimum absolute atomic E-state index is 0.0380. The number of nitrogens with zero attached hydrogens (tertiary/aromatic N) is 2. The maximum Gasteiger partial charge on any atom is 0.321 e. The number of alkyl halides is 2. The van der Waals surface area contributed by atoms with Gasteiger partial charge in [0.25, 0.3) is 16.4 Å². The Morgan fingerprint density at radius 1 is 0.974 bits per heavy atom. The number of piperidine rings is 1. The zero-order chi connectivity index (χ0) is 27.8. The number of ether oxygens (including phenoxy) is 2. The van der Waals surface area contributed by atoms with E-state index in [0.29, 0.717) is 48.8 Å². The number of carbonyl (C=O) groups is 1. The summed E-state index contributed by atoms with van der Waals surface area (Å²) in [5.41, 5.74) is 1.31. The average molecular weight is 558 g/mol. The van der Waals surface area contributed by atoms with Crippen molar-refractivity contribution in [3.8, 4) is 11.5 Å². The van der Waals surface area contributed by atoms with E-state index in [0.717, 1.165) is 17.7 Å². The molecule has 39 heavy (non-hydrogen) atoms. The number of fused-ring (bicyclic) bond motifs is 2. The van der Waals surface area contributed by atoms with Crippen LogP contribution in [0.1, 0.15) is 30.4 Å². The van der Waals surface area contributed by atoms with Crippen LogP contribution in [0.2, 0.25) is 0 Å². The van der Waals surface area contributed by atoms with Crippen molar-refractivity contribution in [3.63, 3.8) is 0 Å². The summed E-state index contributed by atoms with van der Waals surface area (Å²) in [4.78, 5) is 14.8. The number of carbonyl (C=O) groups excluding carboxylic acids is 1. The van der Waals surface area contributed by atoms with Gasteiger partial charge in [0.1, 0.15) is 11.5 Å². The second kappa shape index (κ2) is 10.4. The van der Waals surface area contributed by atoms with Crippen LogP contribution in [0.4, 0.5) is 25.0 Å². The molecule has 11 heteroatoms. The average Bonchev–Trinajstić information content (AvgIpc) is 3.28.